The third-order valence-electron chi connectivity index (χ3n) is 4.89. The normalized spacial score (nSPS) is 11.8. The number of hydrogen-bond acceptors (Lipinski definition) is 4. The van der Waals surface area contributed by atoms with Gasteiger partial charge in [-0.3, -0.25) is 0 Å². The predicted octanol–water partition coefficient (Wildman–Crippen LogP) is 5.03. The van der Waals surface area contributed by atoms with Crippen LogP contribution in [0.25, 0.3) is 10.9 Å². The highest BCUT2D eigenvalue weighted by Gasteiger charge is 2.19. The molecule has 0 spiro atoms. The smallest absolute Gasteiger partial charge is 0.331 e. The zero-order chi connectivity index (χ0) is 19.6. The fraction of sp³-hybridized carbons (Fsp3) is 0.273. The summed E-state index contributed by atoms with van der Waals surface area (Å²) in [4.78, 5) is 17.7. The second-order valence-electron chi connectivity index (χ2n) is 6.63. The molecule has 0 aliphatic heterocycles. The van der Waals surface area contributed by atoms with Crippen LogP contribution in [0, 0.1) is 13.8 Å². The molecule has 0 unspecified atom stereocenters. The van der Waals surface area contributed by atoms with Gasteiger partial charge in [0.1, 0.15) is 0 Å². The largest absolute Gasteiger partial charge is 0.347 e. The summed E-state index contributed by atoms with van der Waals surface area (Å²) in [5.74, 6) is -0.417. The first kappa shape index (κ1) is 19.2. The van der Waals surface area contributed by atoms with Crippen molar-refractivity contribution in [2.45, 2.75) is 32.1 Å². The van der Waals surface area contributed by atoms with Crippen LogP contribution in [-0.2, 0) is 23.1 Å². The monoisotopic (exact) mass is 380 g/mol. The second kappa shape index (κ2) is 8.01. The van der Waals surface area contributed by atoms with Crippen LogP contribution < -0.4 is 0 Å². The van der Waals surface area contributed by atoms with Gasteiger partial charge in [0, 0.05) is 47.4 Å². The van der Waals surface area contributed by atoms with Gasteiger partial charge in [-0.2, -0.15) is 0 Å². The van der Waals surface area contributed by atoms with E-state index in [4.69, 9.17) is 4.84 Å². The Bertz CT molecular complexity index is 1030. The highest BCUT2D eigenvalue weighted by atomic mass is 32.2. The molecule has 0 aliphatic rings. The van der Waals surface area contributed by atoms with Crippen molar-refractivity contribution in [2.24, 2.45) is 12.2 Å². The summed E-state index contributed by atoms with van der Waals surface area (Å²) in [5, 5.41) is 5.38. The van der Waals surface area contributed by atoms with Crippen molar-refractivity contribution in [3.63, 3.8) is 0 Å². The Hall–Kier alpha value is -2.53. The van der Waals surface area contributed by atoms with Crippen molar-refractivity contribution in [2.75, 3.05) is 6.26 Å². The topological polar surface area (TPSA) is 43.6 Å². The van der Waals surface area contributed by atoms with E-state index in [-0.39, 0.29) is 0 Å². The van der Waals surface area contributed by atoms with Crippen molar-refractivity contribution in [3.8, 4) is 0 Å². The van der Waals surface area contributed by atoms with E-state index in [1.54, 1.807) is 11.8 Å². The number of thioether (sulfide) groups is 1. The van der Waals surface area contributed by atoms with E-state index in [2.05, 4.69) is 67.2 Å². The molecule has 27 heavy (non-hydrogen) atoms. The van der Waals surface area contributed by atoms with Gasteiger partial charge in [-0.15, -0.1) is 11.8 Å². The van der Waals surface area contributed by atoms with Gasteiger partial charge in [0.05, 0.1) is 5.71 Å². The van der Waals surface area contributed by atoms with E-state index in [0.29, 0.717) is 6.42 Å². The molecule has 0 atom stereocenters. The molecule has 0 saturated heterocycles. The zero-order valence-electron chi connectivity index (χ0n) is 16.4. The van der Waals surface area contributed by atoms with Crippen LogP contribution in [-0.4, -0.2) is 22.5 Å². The zero-order valence-corrected chi connectivity index (χ0v) is 17.2. The number of aryl methyl sites for hydroxylation is 2. The molecule has 3 rings (SSSR count). The lowest BCUT2D eigenvalue weighted by Crippen LogP contribution is -2.10. The predicted molar refractivity (Wildman–Crippen MR) is 113 cm³/mol. The fourth-order valence-electron chi connectivity index (χ4n) is 3.32. The van der Waals surface area contributed by atoms with Crippen molar-refractivity contribution < 1.29 is 9.63 Å². The number of rotatable bonds is 5. The molecule has 0 N–H and O–H groups in total. The minimum atomic E-state index is -0.417. The summed E-state index contributed by atoms with van der Waals surface area (Å²) in [6.45, 7) is 5.53. The average Bonchev–Trinajstić information content (AvgIpc) is 2.90. The molecule has 1 heterocycles. The molecule has 4 nitrogen and oxygen atoms in total. The summed E-state index contributed by atoms with van der Waals surface area (Å²) < 4.78 is 2.16. The lowest BCUT2D eigenvalue weighted by atomic mass is 9.97. The summed E-state index contributed by atoms with van der Waals surface area (Å²) >= 11 is 1.71. The highest BCUT2D eigenvalue weighted by molar-refractivity contribution is 7.98. The Balaban J connectivity index is 2.20. The quantitative estimate of drug-likeness (QED) is 0.270. The Morgan fingerprint density at radius 2 is 1.93 bits per heavy atom. The van der Waals surface area contributed by atoms with Crippen LogP contribution in [0.5, 0.6) is 0 Å². The molecule has 0 radical (unpaired) electrons. The van der Waals surface area contributed by atoms with E-state index in [1.807, 2.05) is 12.1 Å². The maximum Gasteiger partial charge on any atom is 0.331 e. The first-order valence-corrected chi connectivity index (χ1v) is 10.1. The SMILES string of the molecule is CSc1ccc2c(c1)c(/C(Cc1ccccc1C)=N/OC(C)=O)c(C)n2C. The molecule has 0 saturated carbocycles. The van der Waals surface area contributed by atoms with Gasteiger partial charge in [-0.1, -0.05) is 29.4 Å². The molecule has 140 valence electrons. The lowest BCUT2D eigenvalue weighted by Gasteiger charge is -2.10. The van der Waals surface area contributed by atoms with Gasteiger partial charge in [-0.05, 0) is 49.4 Å². The third kappa shape index (κ3) is 3.93. The van der Waals surface area contributed by atoms with Gasteiger partial charge in [0.25, 0.3) is 0 Å². The third-order valence-corrected chi connectivity index (χ3v) is 5.62. The Morgan fingerprint density at radius 1 is 1.19 bits per heavy atom. The number of carbonyl (C=O) groups excluding carboxylic acids is 1. The van der Waals surface area contributed by atoms with E-state index < -0.39 is 5.97 Å². The summed E-state index contributed by atoms with van der Waals surface area (Å²) in [6.07, 6.45) is 2.67. The van der Waals surface area contributed by atoms with Crippen molar-refractivity contribution >= 4 is 34.3 Å². The summed E-state index contributed by atoms with van der Waals surface area (Å²) in [6, 6.07) is 14.7. The van der Waals surface area contributed by atoms with Gasteiger partial charge < -0.3 is 9.40 Å². The highest BCUT2D eigenvalue weighted by Crippen LogP contribution is 2.30. The van der Waals surface area contributed by atoms with E-state index in [9.17, 15) is 4.79 Å². The number of hydrogen-bond donors (Lipinski definition) is 0. The second-order valence-corrected chi connectivity index (χ2v) is 7.51. The Labute approximate surface area is 164 Å². The van der Waals surface area contributed by atoms with Gasteiger partial charge >= 0.3 is 5.97 Å². The van der Waals surface area contributed by atoms with Crippen LogP contribution in [0.1, 0.15) is 29.3 Å². The van der Waals surface area contributed by atoms with E-state index in [1.165, 1.54) is 22.9 Å². The first-order chi connectivity index (χ1) is 12.9. The van der Waals surface area contributed by atoms with Gasteiger partial charge in [0.15, 0.2) is 0 Å². The maximum absolute atomic E-state index is 11.4. The minimum absolute atomic E-state index is 0.417. The van der Waals surface area contributed by atoms with Crippen molar-refractivity contribution in [1.29, 1.82) is 0 Å². The minimum Gasteiger partial charge on any atom is -0.347 e. The van der Waals surface area contributed by atoms with Crippen LogP contribution in [0.2, 0.25) is 0 Å². The summed E-state index contributed by atoms with van der Waals surface area (Å²) in [7, 11) is 2.05. The molecular formula is C22H24N2O2S. The number of benzene rings is 2. The van der Waals surface area contributed by atoms with Gasteiger partial charge in [0.2, 0.25) is 0 Å². The van der Waals surface area contributed by atoms with Crippen LogP contribution in [0.15, 0.2) is 52.5 Å². The fourth-order valence-corrected chi connectivity index (χ4v) is 3.76. The number of carbonyl (C=O) groups is 1. The number of fused-ring (bicyclic) bond motifs is 1. The van der Waals surface area contributed by atoms with Crippen LogP contribution >= 0.6 is 11.8 Å². The average molecular weight is 381 g/mol. The van der Waals surface area contributed by atoms with E-state index >= 15 is 0 Å². The standard InChI is InChI=1S/C22H24N2O2S/c1-14-8-6-7-9-17(14)12-20(23-26-16(3)25)22-15(2)24(4)21-11-10-18(27-5)13-19(21)22/h6-11,13H,12H2,1-5H3/b23-20+. The van der Waals surface area contributed by atoms with Crippen molar-refractivity contribution in [1.82, 2.24) is 4.57 Å². The van der Waals surface area contributed by atoms with E-state index in [0.717, 1.165) is 27.9 Å². The Morgan fingerprint density at radius 3 is 2.59 bits per heavy atom. The number of oxime groups is 1. The number of nitrogens with zero attached hydrogens (tertiary/aromatic N) is 2. The van der Waals surface area contributed by atoms with Crippen LogP contribution in [0.4, 0.5) is 0 Å². The molecule has 0 bridgehead atoms. The molecule has 1 aromatic heterocycles. The molecule has 0 amide bonds. The van der Waals surface area contributed by atoms with Crippen LogP contribution in [0.3, 0.4) is 0 Å². The van der Waals surface area contributed by atoms with Gasteiger partial charge in [-0.25, -0.2) is 4.79 Å². The maximum atomic E-state index is 11.4. The first-order valence-electron chi connectivity index (χ1n) is 8.84. The molecule has 0 fully saturated rings. The summed E-state index contributed by atoms with van der Waals surface area (Å²) in [5.41, 5.74) is 6.40. The molecule has 3 aromatic rings. The molecule has 2 aromatic carbocycles. The molecular weight excluding hydrogens is 356 g/mol. The Kier molecular flexibility index (Phi) is 5.71. The lowest BCUT2D eigenvalue weighted by molar-refractivity contribution is -0.140. The molecule has 5 heteroatoms. The van der Waals surface area contributed by atoms with Crippen molar-refractivity contribution in [3.05, 3.63) is 64.8 Å². The number of aromatic nitrogens is 1. The molecule has 0 aliphatic carbocycles.